The molecule has 2 aliphatic rings. The van der Waals surface area contributed by atoms with Crippen molar-refractivity contribution >= 4 is 5.91 Å². The minimum atomic E-state index is 0.0707. The lowest BCUT2D eigenvalue weighted by atomic mass is 10.0. The Balaban J connectivity index is 1.76. The lowest BCUT2D eigenvalue weighted by Gasteiger charge is -2.34. The standard InChI is InChI=1S/C18H28N4O2/c1-12(2)17-15(9-19-14(4)20-17)18(23)22-10-13(3)16(11-22)21-5-7-24-8-6-21/h9,12-13,16H,5-8,10-11H2,1-4H3. The first-order valence-electron chi connectivity index (χ1n) is 8.92. The van der Waals surface area contributed by atoms with Crippen molar-refractivity contribution in [3.05, 3.63) is 23.3 Å². The molecule has 2 fully saturated rings. The fourth-order valence-electron chi connectivity index (χ4n) is 3.76. The molecular formula is C18H28N4O2. The summed E-state index contributed by atoms with van der Waals surface area (Å²) in [5.74, 6) is 1.47. The van der Waals surface area contributed by atoms with E-state index >= 15 is 0 Å². The Morgan fingerprint density at radius 3 is 2.67 bits per heavy atom. The summed E-state index contributed by atoms with van der Waals surface area (Å²) < 4.78 is 5.45. The van der Waals surface area contributed by atoms with E-state index in [0.29, 0.717) is 17.5 Å². The van der Waals surface area contributed by atoms with Crippen molar-refractivity contribution in [2.24, 2.45) is 5.92 Å². The molecule has 0 N–H and O–H groups in total. The van der Waals surface area contributed by atoms with Crippen LogP contribution in [0.4, 0.5) is 0 Å². The smallest absolute Gasteiger partial charge is 0.257 e. The molecule has 132 valence electrons. The Bertz CT molecular complexity index is 599. The molecule has 2 unspecified atom stereocenters. The number of rotatable bonds is 3. The Morgan fingerprint density at radius 1 is 1.29 bits per heavy atom. The summed E-state index contributed by atoms with van der Waals surface area (Å²) in [7, 11) is 0. The van der Waals surface area contributed by atoms with E-state index < -0.39 is 0 Å². The SMILES string of the molecule is Cc1ncc(C(=O)N2CC(C)C(N3CCOCC3)C2)c(C(C)C)n1. The van der Waals surface area contributed by atoms with E-state index in [4.69, 9.17) is 4.74 Å². The van der Waals surface area contributed by atoms with Gasteiger partial charge in [-0.15, -0.1) is 0 Å². The average Bonchev–Trinajstić information content (AvgIpc) is 2.96. The summed E-state index contributed by atoms with van der Waals surface area (Å²) in [6.45, 7) is 13.3. The molecule has 6 heteroatoms. The molecule has 2 saturated heterocycles. The zero-order valence-corrected chi connectivity index (χ0v) is 15.2. The van der Waals surface area contributed by atoms with Gasteiger partial charge in [-0.25, -0.2) is 9.97 Å². The second-order valence-corrected chi connectivity index (χ2v) is 7.27. The van der Waals surface area contributed by atoms with E-state index in [1.807, 2.05) is 11.8 Å². The molecule has 2 atom stereocenters. The molecule has 1 amide bonds. The molecule has 3 rings (SSSR count). The van der Waals surface area contributed by atoms with E-state index in [1.165, 1.54) is 0 Å². The van der Waals surface area contributed by atoms with Gasteiger partial charge in [0.1, 0.15) is 5.82 Å². The zero-order valence-electron chi connectivity index (χ0n) is 15.2. The minimum Gasteiger partial charge on any atom is -0.379 e. The fourth-order valence-corrected chi connectivity index (χ4v) is 3.76. The molecule has 6 nitrogen and oxygen atoms in total. The number of likely N-dealkylation sites (tertiary alicyclic amines) is 1. The highest BCUT2D eigenvalue weighted by Gasteiger charge is 2.37. The van der Waals surface area contributed by atoms with Crippen LogP contribution in [0.15, 0.2) is 6.20 Å². The number of hydrogen-bond acceptors (Lipinski definition) is 5. The summed E-state index contributed by atoms with van der Waals surface area (Å²) in [6.07, 6.45) is 1.70. The number of aromatic nitrogens is 2. The number of aryl methyl sites for hydroxylation is 1. The third-order valence-electron chi connectivity index (χ3n) is 5.09. The van der Waals surface area contributed by atoms with Crippen LogP contribution in [0.2, 0.25) is 0 Å². The first-order valence-corrected chi connectivity index (χ1v) is 8.92. The molecule has 1 aromatic rings. The van der Waals surface area contributed by atoms with Crippen molar-refractivity contribution in [2.45, 2.75) is 39.7 Å². The van der Waals surface area contributed by atoms with Gasteiger partial charge in [-0.2, -0.15) is 0 Å². The molecule has 0 radical (unpaired) electrons. The topological polar surface area (TPSA) is 58.6 Å². The molecule has 1 aromatic heterocycles. The molecule has 0 aromatic carbocycles. The van der Waals surface area contributed by atoms with Gasteiger partial charge in [-0.1, -0.05) is 20.8 Å². The van der Waals surface area contributed by atoms with Gasteiger partial charge >= 0.3 is 0 Å². The maximum Gasteiger partial charge on any atom is 0.257 e. The molecule has 0 spiro atoms. The number of amides is 1. The number of nitrogens with zero attached hydrogens (tertiary/aromatic N) is 4. The normalized spacial score (nSPS) is 25.5. The van der Waals surface area contributed by atoms with E-state index in [0.717, 1.165) is 50.9 Å². The van der Waals surface area contributed by atoms with Crippen LogP contribution in [-0.2, 0) is 4.74 Å². The van der Waals surface area contributed by atoms with Crippen LogP contribution in [0.5, 0.6) is 0 Å². The third kappa shape index (κ3) is 3.44. The van der Waals surface area contributed by atoms with E-state index in [1.54, 1.807) is 6.20 Å². The van der Waals surface area contributed by atoms with Crippen molar-refractivity contribution in [3.8, 4) is 0 Å². The summed E-state index contributed by atoms with van der Waals surface area (Å²) >= 11 is 0. The number of ether oxygens (including phenoxy) is 1. The summed E-state index contributed by atoms with van der Waals surface area (Å²) in [5.41, 5.74) is 1.51. The lowest BCUT2D eigenvalue weighted by Crippen LogP contribution is -2.47. The van der Waals surface area contributed by atoms with Gasteiger partial charge in [0, 0.05) is 38.4 Å². The predicted molar refractivity (Wildman–Crippen MR) is 92.1 cm³/mol. The van der Waals surface area contributed by atoms with Gasteiger partial charge in [-0.3, -0.25) is 9.69 Å². The second kappa shape index (κ2) is 7.15. The second-order valence-electron chi connectivity index (χ2n) is 7.27. The van der Waals surface area contributed by atoms with Crippen molar-refractivity contribution in [1.29, 1.82) is 0 Å². The Morgan fingerprint density at radius 2 is 2.00 bits per heavy atom. The van der Waals surface area contributed by atoms with Crippen LogP contribution >= 0.6 is 0 Å². The van der Waals surface area contributed by atoms with Gasteiger partial charge in [0.2, 0.25) is 0 Å². The zero-order chi connectivity index (χ0) is 17.3. The van der Waals surface area contributed by atoms with Crippen LogP contribution < -0.4 is 0 Å². The molecule has 24 heavy (non-hydrogen) atoms. The minimum absolute atomic E-state index is 0.0707. The highest BCUT2D eigenvalue weighted by atomic mass is 16.5. The number of carbonyl (C=O) groups excluding carboxylic acids is 1. The maximum absolute atomic E-state index is 13.1. The van der Waals surface area contributed by atoms with Gasteiger partial charge in [-0.05, 0) is 18.8 Å². The number of morpholine rings is 1. The highest BCUT2D eigenvalue weighted by molar-refractivity contribution is 5.95. The van der Waals surface area contributed by atoms with E-state index in [-0.39, 0.29) is 11.8 Å². The van der Waals surface area contributed by atoms with Crippen LogP contribution in [0.3, 0.4) is 0 Å². The largest absolute Gasteiger partial charge is 0.379 e. The Hall–Kier alpha value is -1.53. The van der Waals surface area contributed by atoms with Crippen LogP contribution in [0.1, 0.15) is 48.6 Å². The van der Waals surface area contributed by atoms with Gasteiger partial charge < -0.3 is 9.64 Å². The van der Waals surface area contributed by atoms with Gasteiger partial charge in [0.15, 0.2) is 0 Å². The third-order valence-corrected chi connectivity index (χ3v) is 5.09. The first kappa shape index (κ1) is 17.3. The molecule has 0 aliphatic carbocycles. The van der Waals surface area contributed by atoms with Crippen LogP contribution in [0.25, 0.3) is 0 Å². The van der Waals surface area contributed by atoms with Crippen molar-refractivity contribution < 1.29 is 9.53 Å². The van der Waals surface area contributed by atoms with Gasteiger partial charge in [0.25, 0.3) is 5.91 Å². The van der Waals surface area contributed by atoms with E-state index in [2.05, 4.69) is 35.6 Å². The monoisotopic (exact) mass is 332 g/mol. The van der Waals surface area contributed by atoms with Crippen molar-refractivity contribution in [2.75, 3.05) is 39.4 Å². The quantitative estimate of drug-likeness (QED) is 0.843. The number of hydrogen-bond donors (Lipinski definition) is 0. The Kier molecular flexibility index (Phi) is 5.15. The molecule has 0 saturated carbocycles. The molecule has 2 aliphatic heterocycles. The average molecular weight is 332 g/mol. The summed E-state index contributed by atoms with van der Waals surface area (Å²) in [6, 6.07) is 0.423. The van der Waals surface area contributed by atoms with E-state index in [9.17, 15) is 4.79 Å². The maximum atomic E-state index is 13.1. The summed E-state index contributed by atoms with van der Waals surface area (Å²) in [4.78, 5) is 26.3. The fraction of sp³-hybridized carbons (Fsp3) is 0.722. The van der Waals surface area contributed by atoms with Crippen molar-refractivity contribution in [1.82, 2.24) is 19.8 Å². The predicted octanol–water partition coefficient (Wildman–Crippen LogP) is 1.70. The highest BCUT2D eigenvalue weighted by Crippen LogP contribution is 2.26. The van der Waals surface area contributed by atoms with Crippen molar-refractivity contribution in [3.63, 3.8) is 0 Å². The Labute approximate surface area is 144 Å². The number of carbonyl (C=O) groups is 1. The van der Waals surface area contributed by atoms with Crippen LogP contribution in [-0.4, -0.2) is 71.1 Å². The molecule has 3 heterocycles. The molecular weight excluding hydrogens is 304 g/mol. The first-order chi connectivity index (χ1) is 11.5. The lowest BCUT2D eigenvalue weighted by molar-refractivity contribution is 0.0119. The van der Waals surface area contributed by atoms with Crippen LogP contribution in [0, 0.1) is 12.8 Å². The summed E-state index contributed by atoms with van der Waals surface area (Å²) in [5, 5.41) is 0. The van der Waals surface area contributed by atoms with Gasteiger partial charge in [0.05, 0.1) is 24.5 Å². The molecule has 0 bridgehead atoms.